The van der Waals surface area contributed by atoms with E-state index >= 15 is 0 Å². The second-order valence-electron chi connectivity index (χ2n) is 4.48. The highest BCUT2D eigenvalue weighted by atomic mass is 32.2. The zero-order valence-electron chi connectivity index (χ0n) is 11.5. The Kier molecular flexibility index (Phi) is 3.83. The van der Waals surface area contributed by atoms with Crippen LogP contribution in [0, 0.1) is 13.8 Å². The first kappa shape index (κ1) is 15.2. The Morgan fingerprint density at radius 3 is 2.67 bits per heavy atom. The van der Waals surface area contributed by atoms with Crippen molar-refractivity contribution >= 4 is 16.0 Å². The number of aryl methyl sites for hydroxylation is 2. The van der Waals surface area contributed by atoms with E-state index in [4.69, 9.17) is 9.52 Å². The number of aromatic amines is 1. The molecule has 10 heteroatoms. The van der Waals surface area contributed by atoms with Crippen molar-refractivity contribution in [1.82, 2.24) is 19.9 Å². The van der Waals surface area contributed by atoms with Crippen molar-refractivity contribution < 1.29 is 22.7 Å². The molecular formula is C11H14N4O5S. The molecule has 0 aromatic carbocycles. The van der Waals surface area contributed by atoms with Gasteiger partial charge in [0.05, 0.1) is 17.9 Å². The fraction of sp³-hybridized carbons (Fsp3) is 0.364. The van der Waals surface area contributed by atoms with Gasteiger partial charge >= 0.3 is 5.97 Å². The molecule has 0 aliphatic rings. The number of carboxylic acids is 1. The monoisotopic (exact) mass is 314 g/mol. The van der Waals surface area contributed by atoms with E-state index in [1.807, 2.05) is 0 Å². The third-order valence-electron chi connectivity index (χ3n) is 2.70. The first-order valence-corrected chi connectivity index (χ1v) is 7.43. The highest BCUT2D eigenvalue weighted by molar-refractivity contribution is 7.89. The largest absolute Gasteiger partial charge is 0.476 e. The average molecular weight is 314 g/mol. The van der Waals surface area contributed by atoms with Crippen molar-refractivity contribution in [2.24, 2.45) is 0 Å². The Morgan fingerprint density at radius 2 is 2.14 bits per heavy atom. The minimum Gasteiger partial charge on any atom is -0.476 e. The first-order valence-electron chi connectivity index (χ1n) is 5.95. The lowest BCUT2D eigenvalue weighted by atomic mass is 10.4. The van der Waals surface area contributed by atoms with Crippen LogP contribution in [0.15, 0.2) is 15.5 Å². The van der Waals surface area contributed by atoms with E-state index in [1.165, 1.54) is 13.1 Å². The maximum atomic E-state index is 12.3. The SMILES string of the molecule is Cc1cnc(C(C)NS(=O)(=O)c2c(C(=O)O)n[nH]c2C)o1. The number of aromatic nitrogens is 3. The van der Waals surface area contributed by atoms with E-state index in [0.717, 1.165) is 0 Å². The highest BCUT2D eigenvalue weighted by Crippen LogP contribution is 2.21. The van der Waals surface area contributed by atoms with E-state index in [0.29, 0.717) is 5.76 Å². The van der Waals surface area contributed by atoms with Crippen LogP contribution < -0.4 is 4.72 Å². The number of carboxylic acid groups (broad SMARTS) is 1. The molecule has 9 nitrogen and oxygen atoms in total. The van der Waals surface area contributed by atoms with Crippen molar-refractivity contribution in [3.05, 3.63) is 29.2 Å². The number of rotatable bonds is 5. The molecule has 2 rings (SSSR count). The Balaban J connectivity index is 2.35. The molecule has 3 N–H and O–H groups in total. The number of hydrogen-bond donors (Lipinski definition) is 3. The third kappa shape index (κ3) is 2.95. The molecule has 0 fully saturated rings. The second kappa shape index (κ2) is 5.30. The fourth-order valence-corrected chi connectivity index (χ4v) is 3.33. The number of H-pyrrole nitrogens is 1. The molecule has 2 aromatic rings. The van der Waals surface area contributed by atoms with Crippen molar-refractivity contribution in [3.63, 3.8) is 0 Å². The zero-order valence-corrected chi connectivity index (χ0v) is 12.4. The molecule has 114 valence electrons. The molecule has 0 bridgehead atoms. The number of oxazole rings is 1. The molecule has 0 amide bonds. The molecule has 0 aliphatic carbocycles. The van der Waals surface area contributed by atoms with Gasteiger partial charge < -0.3 is 9.52 Å². The smallest absolute Gasteiger partial charge is 0.357 e. The summed E-state index contributed by atoms with van der Waals surface area (Å²) in [4.78, 5) is 14.6. The topological polar surface area (TPSA) is 138 Å². The summed E-state index contributed by atoms with van der Waals surface area (Å²) >= 11 is 0. The highest BCUT2D eigenvalue weighted by Gasteiger charge is 2.30. The van der Waals surface area contributed by atoms with E-state index in [2.05, 4.69) is 19.9 Å². The molecule has 0 spiro atoms. The number of hydrogen-bond acceptors (Lipinski definition) is 6. The molecule has 0 saturated heterocycles. The second-order valence-corrected chi connectivity index (χ2v) is 6.13. The predicted molar refractivity (Wildman–Crippen MR) is 70.3 cm³/mol. The summed E-state index contributed by atoms with van der Waals surface area (Å²) in [6.45, 7) is 4.65. The molecule has 1 unspecified atom stereocenters. The Bertz CT molecular complexity index is 776. The van der Waals surface area contributed by atoms with Gasteiger partial charge in [0.2, 0.25) is 15.9 Å². The molecule has 2 aromatic heterocycles. The number of aromatic carboxylic acids is 1. The standard InChI is InChI=1S/C11H14N4O5S/c1-5-4-12-10(20-5)7(3)15-21(18,19)9-6(2)13-14-8(9)11(16)17/h4,7,15H,1-3H3,(H,13,14)(H,16,17). The van der Waals surface area contributed by atoms with Crippen LogP contribution in [0.4, 0.5) is 0 Å². The van der Waals surface area contributed by atoms with Crippen LogP contribution in [-0.4, -0.2) is 34.7 Å². The molecule has 21 heavy (non-hydrogen) atoms. The fourth-order valence-electron chi connectivity index (χ4n) is 1.81. The van der Waals surface area contributed by atoms with Crippen molar-refractivity contribution in [2.75, 3.05) is 0 Å². The summed E-state index contributed by atoms with van der Waals surface area (Å²) in [6, 6.07) is -0.750. The molecule has 0 aliphatic heterocycles. The van der Waals surface area contributed by atoms with Gasteiger partial charge in [0, 0.05) is 0 Å². The number of carbonyl (C=O) groups is 1. The van der Waals surface area contributed by atoms with Gasteiger partial charge in [0.1, 0.15) is 10.7 Å². The number of nitrogens with one attached hydrogen (secondary N) is 2. The van der Waals surface area contributed by atoms with Gasteiger partial charge in [-0.15, -0.1) is 0 Å². The maximum absolute atomic E-state index is 12.3. The van der Waals surface area contributed by atoms with Gasteiger partial charge in [-0.25, -0.2) is 18.2 Å². The van der Waals surface area contributed by atoms with E-state index in [9.17, 15) is 13.2 Å². The molecule has 2 heterocycles. The van der Waals surface area contributed by atoms with Gasteiger partial charge in [-0.1, -0.05) is 0 Å². The zero-order chi connectivity index (χ0) is 15.8. The first-order chi connectivity index (χ1) is 9.72. The lowest BCUT2D eigenvalue weighted by Crippen LogP contribution is -2.28. The van der Waals surface area contributed by atoms with Crippen LogP contribution in [0.1, 0.15) is 40.8 Å². The van der Waals surface area contributed by atoms with Gasteiger partial charge in [-0.05, 0) is 20.8 Å². The minimum atomic E-state index is -4.09. The summed E-state index contributed by atoms with van der Waals surface area (Å²) in [5.74, 6) is -0.699. The Labute approximate surface area is 120 Å². The summed E-state index contributed by atoms with van der Waals surface area (Å²) in [6.07, 6.45) is 1.46. The van der Waals surface area contributed by atoms with Crippen LogP contribution in [0.25, 0.3) is 0 Å². The molecule has 1 atom stereocenters. The lowest BCUT2D eigenvalue weighted by molar-refractivity contribution is 0.0686. The summed E-state index contributed by atoms with van der Waals surface area (Å²) in [5.41, 5.74) is -0.425. The minimum absolute atomic E-state index is 0.135. The predicted octanol–water partition coefficient (Wildman–Crippen LogP) is 0.752. The van der Waals surface area contributed by atoms with Gasteiger partial charge in [-0.2, -0.15) is 9.82 Å². The van der Waals surface area contributed by atoms with Crippen LogP contribution in [0.5, 0.6) is 0 Å². The van der Waals surface area contributed by atoms with Crippen LogP contribution in [0.3, 0.4) is 0 Å². The van der Waals surface area contributed by atoms with Gasteiger partial charge in [-0.3, -0.25) is 5.10 Å². The Hall–Kier alpha value is -2.20. The molecule has 0 saturated carbocycles. The van der Waals surface area contributed by atoms with E-state index in [-0.39, 0.29) is 11.6 Å². The quantitative estimate of drug-likeness (QED) is 0.740. The maximum Gasteiger partial charge on any atom is 0.357 e. The van der Waals surface area contributed by atoms with Crippen LogP contribution >= 0.6 is 0 Å². The summed E-state index contributed by atoms with van der Waals surface area (Å²) in [7, 11) is -4.09. The Morgan fingerprint density at radius 1 is 1.48 bits per heavy atom. The lowest BCUT2D eigenvalue weighted by Gasteiger charge is -2.11. The van der Waals surface area contributed by atoms with Gasteiger partial charge in [0.25, 0.3) is 0 Å². The summed E-state index contributed by atoms with van der Waals surface area (Å²) in [5, 5.41) is 14.8. The average Bonchev–Trinajstić information content (AvgIpc) is 2.95. The van der Waals surface area contributed by atoms with Crippen LogP contribution in [0.2, 0.25) is 0 Å². The van der Waals surface area contributed by atoms with Crippen molar-refractivity contribution in [1.29, 1.82) is 0 Å². The van der Waals surface area contributed by atoms with E-state index < -0.39 is 32.6 Å². The summed E-state index contributed by atoms with van der Waals surface area (Å²) < 4.78 is 32.2. The third-order valence-corrected chi connectivity index (χ3v) is 4.40. The van der Waals surface area contributed by atoms with Gasteiger partial charge in [0.15, 0.2) is 5.69 Å². The molecular weight excluding hydrogens is 300 g/mol. The number of nitrogens with zero attached hydrogens (tertiary/aromatic N) is 2. The van der Waals surface area contributed by atoms with Crippen LogP contribution in [-0.2, 0) is 10.0 Å². The molecule has 0 radical (unpaired) electrons. The van der Waals surface area contributed by atoms with Crippen molar-refractivity contribution in [2.45, 2.75) is 31.7 Å². The van der Waals surface area contributed by atoms with Crippen molar-refractivity contribution in [3.8, 4) is 0 Å². The van der Waals surface area contributed by atoms with E-state index in [1.54, 1.807) is 13.8 Å². The number of sulfonamides is 1. The normalized spacial score (nSPS) is 13.3.